The van der Waals surface area contributed by atoms with E-state index < -0.39 is 11.2 Å². The number of allylic oxidation sites excluding steroid dienone is 2. The first-order chi connectivity index (χ1) is 10.7. The molecule has 0 aliphatic heterocycles. The van der Waals surface area contributed by atoms with Gasteiger partial charge < -0.3 is 0 Å². The van der Waals surface area contributed by atoms with Gasteiger partial charge in [0.25, 0.3) is 0 Å². The van der Waals surface area contributed by atoms with E-state index in [0.29, 0.717) is 25.7 Å². The number of carbonyl (C=O) groups is 2. The molecule has 4 rings (SSSR count). The van der Waals surface area contributed by atoms with Crippen LogP contribution in [0.3, 0.4) is 0 Å². The summed E-state index contributed by atoms with van der Waals surface area (Å²) in [7, 11) is 0. The van der Waals surface area contributed by atoms with Gasteiger partial charge in [-0.2, -0.15) is 0 Å². The summed E-state index contributed by atoms with van der Waals surface area (Å²) in [6, 6.07) is 0. The average Bonchev–Trinajstić information content (AvgIpc) is 2.72. The number of alkyl halides is 1. The molecule has 3 saturated carbocycles. The number of rotatable bonds is 0. The van der Waals surface area contributed by atoms with Crippen molar-refractivity contribution in [3.8, 4) is 0 Å². The van der Waals surface area contributed by atoms with Crippen LogP contribution in [0, 0.1) is 34.5 Å². The van der Waals surface area contributed by atoms with Crippen LogP contribution < -0.4 is 5.73 Å². The van der Waals surface area contributed by atoms with Crippen LogP contribution in [0.5, 0.6) is 0 Å². The maximum absolute atomic E-state index is 14.9. The van der Waals surface area contributed by atoms with Gasteiger partial charge in [-0.25, -0.2) is 4.39 Å². The van der Waals surface area contributed by atoms with E-state index >= 15 is 0 Å². The summed E-state index contributed by atoms with van der Waals surface area (Å²) in [5.74, 6) is -0.975. The molecule has 0 aromatic rings. The highest BCUT2D eigenvalue weighted by Crippen LogP contribution is 2.66. The third-order valence-electron chi connectivity index (χ3n) is 8.00. The second-order valence-corrected chi connectivity index (χ2v) is 8.83. The first-order valence-corrected chi connectivity index (χ1v) is 8.92. The van der Waals surface area contributed by atoms with Crippen molar-refractivity contribution in [2.45, 2.75) is 58.2 Å². The lowest BCUT2D eigenvalue weighted by molar-refractivity contribution is -0.153. The third-order valence-corrected chi connectivity index (χ3v) is 8.00. The largest absolute Gasteiger partial charge is 0.299 e. The number of nitrogens with two attached hydrogens (primary N) is 1. The number of halogens is 1. The van der Waals surface area contributed by atoms with Crippen molar-refractivity contribution in [2.75, 3.05) is 0 Å². The monoisotopic (exact) mass is 319 g/mol. The van der Waals surface area contributed by atoms with Crippen molar-refractivity contribution in [1.82, 2.24) is 0 Å². The molecule has 0 bridgehead atoms. The van der Waals surface area contributed by atoms with Crippen molar-refractivity contribution < 1.29 is 14.0 Å². The molecule has 3 nitrogen and oxygen atoms in total. The van der Waals surface area contributed by atoms with Crippen molar-refractivity contribution in [1.29, 1.82) is 0 Å². The summed E-state index contributed by atoms with van der Waals surface area (Å²) in [6.07, 6.45) is 7.34. The highest BCUT2D eigenvalue weighted by atomic mass is 19.1. The first kappa shape index (κ1) is 15.5. The molecule has 0 radical (unpaired) electrons. The Morgan fingerprint density at radius 2 is 1.83 bits per heavy atom. The molecule has 0 aromatic carbocycles. The molecule has 7 atom stereocenters. The van der Waals surface area contributed by atoms with E-state index in [1.54, 1.807) is 6.08 Å². The number of hydrogen-bond donors (Lipinski definition) is 1. The summed E-state index contributed by atoms with van der Waals surface area (Å²) in [5, 5.41) is 0. The summed E-state index contributed by atoms with van der Waals surface area (Å²) in [5.41, 5.74) is 5.29. The zero-order valence-electron chi connectivity index (χ0n) is 14.0. The fourth-order valence-electron chi connectivity index (χ4n) is 6.35. The normalized spacial score (nSPS) is 55.3. The maximum Gasteiger partial charge on any atom is 0.164 e. The average molecular weight is 319 g/mol. The molecule has 2 N–H and O–H groups in total. The number of Topliss-reactive ketones (excluding diaryl/α,β-unsaturated/α-hetero) is 1. The third kappa shape index (κ3) is 1.84. The van der Waals surface area contributed by atoms with Gasteiger partial charge in [0.2, 0.25) is 0 Å². The van der Waals surface area contributed by atoms with Crippen molar-refractivity contribution in [3.05, 3.63) is 12.2 Å². The topological polar surface area (TPSA) is 60.2 Å². The molecule has 126 valence electrons. The molecular weight excluding hydrogens is 293 g/mol. The predicted molar refractivity (Wildman–Crippen MR) is 85.1 cm³/mol. The van der Waals surface area contributed by atoms with Crippen LogP contribution in [0.1, 0.15) is 52.4 Å². The molecule has 0 heterocycles. The van der Waals surface area contributed by atoms with Crippen LogP contribution >= 0.6 is 0 Å². The van der Waals surface area contributed by atoms with Crippen LogP contribution in [0.2, 0.25) is 0 Å². The molecule has 0 saturated heterocycles. The van der Waals surface area contributed by atoms with Gasteiger partial charge in [0.15, 0.2) is 11.6 Å². The minimum absolute atomic E-state index is 0.0487. The van der Waals surface area contributed by atoms with Crippen LogP contribution in [-0.4, -0.2) is 17.4 Å². The van der Waals surface area contributed by atoms with E-state index in [0.717, 1.165) is 12.8 Å². The second kappa shape index (κ2) is 4.53. The predicted octanol–water partition coefficient (Wildman–Crippen LogP) is 3.18. The summed E-state index contributed by atoms with van der Waals surface area (Å²) in [6.45, 7) is 4.15. The van der Waals surface area contributed by atoms with E-state index in [9.17, 15) is 14.0 Å². The first-order valence-electron chi connectivity index (χ1n) is 8.92. The molecule has 0 spiro atoms. The highest BCUT2D eigenvalue weighted by Gasteiger charge is 2.66. The van der Waals surface area contributed by atoms with Crippen LogP contribution in [0.4, 0.5) is 4.39 Å². The minimum Gasteiger partial charge on any atom is -0.299 e. The van der Waals surface area contributed by atoms with Gasteiger partial charge in [0.1, 0.15) is 5.78 Å². The van der Waals surface area contributed by atoms with Crippen molar-refractivity contribution in [2.24, 2.45) is 40.2 Å². The zero-order valence-corrected chi connectivity index (χ0v) is 14.0. The SMILES string of the molecule is C[C@]12C=CC(=O)CC1CC(=O)[C@@H]1[C@H]2CC[C@@]2(C)[C@H]1CCC2(N)F. The van der Waals surface area contributed by atoms with E-state index in [4.69, 9.17) is 5.73 Å². The standard InChI is InChI=1S/C19H26FNO2/c1-17-6-3-12(22)9-11(17)10-15(23)16-13(17)4-7-18(2)14(16)5-8-19(18,20)21/h3,6,11,13-14,16H,4-5,7-10,21H2,1-2H3/t11?,13-,14+,16-,17+,18+,19?/m1/s1. The number of fused-ring (bicyclic) bond motifs is 5. The Balaban J connectivity index is 1.75. The number of hydrogen-bond acceptors (Lipinski definition) is 3. The molecule has 0 aromatic heterocycles. The van der Waals surface area contributed by atoms with Gasteiger partial charge in [0, 0.05) is 24.2 Å². The van der Waals surface area contributed by atoms with E-state index in [-0.39, 0.29) is 40.7 Å². The van der Waals surface area contributed by atoms with E-state index in [2.05, 4.69) is 13.0 Å². The Bertz CT molecular complexity index is 612. The lowest BCUT2D eigenvalue weighted by atomic mass is 9.46. The quantitative estimate of drug-likeness (QED) is 0.698. The molecule has 4 heteroatoms. The lowest BCUT2D eigenvalue weighted by Gasteiger charge is -2.58. The van der Waals surface area contributed by atoms with Crippen LogP contribution in [0.25, 0.3) is 0 Å². The Morgan fingerprint density at radius 1 is 1.13 bits per heavy atom. The Morgan fingerprint density at radius 3 is 2.57 bits per heavy atom. The van der Waals surface area contributed by atoms with Gasteiger partial charge in [-0.05, 0) is 54.9 Å². The molecule has 0 amide bonds. The van der Waals surface area contributed by atoms with Gasteiger partial charge in [-0.3, -0.25) is 15.3 Å². The summed E-state index contributed by atoms with van der Waals surface area (Å²) < 4.78 is 14.9. The van der Waals surface area contributed by atoms with Crippen LogP contribution in [0.15, 0.2) is 12.2 Å². The van der Waals surface area contributed by atoms with Crippen LogP contribution in [-0.2, 0) is 9.59 Å². The van der Waals surface area contributed by atoms with Gasteiger partial charge in [-0.1, -0.05) is 19.9 Å². The fraction of sp³-hybridized carbons (Fsp3) is 0.789. The number of ketones is 2. The van der Waals surface area contributed by atoms with Gasteiger partial charge in [0.05, 0.1) is 0 Å². The molecule has 4 aliphatic rings. The molecular formula is C19H26FNO2. The summed E-state index contributed by atoms with van der Waals surface area (Å²) >= 11 is 0. The molecule has 4 aliphatic carbocycles. The smallest absolute Gasteiger partial charge is 0.164 e. The highest BCUT2D eigenvalue weighted by molar-refractivity contribution is 5.92. The van der Waals surface area contributed by atoms with Crippen molar-refractivity contribution >= 4 is 11.6 Å². The lowest BCUT2D eigenvalue weighted by Crippen LogP contribution is -2.59. The zero-order chi connectivity index (χ0) is 16.6. The fourth-order valence-corrected chi connectivity index (χ4v) is 6.35. The number of carbonyl (C=O) groups excluding carboxylic acids is 2. The van der Waals surface area contributed by atoms with Gasteiger partial charge >= 0.3 is 0 Å². The van der Waals surface area contributed by atoms with E-state index in [1.165, 1.54) is 0 Å². The molecule has 2 unspecified atom stereocenters. The maximum atomic E-state index is 14.9. The molecule has 23 heavy (non-hydrogen) atoms. The molecule has 3 fully saturated rings. The van der Waals surface area contributed by atoms with Crippen molar-refractivity contribution in [3.63, 3.8) is 0 Å². The Labute approximate surface area is 136 Å². The Kier molecular flexibility index (Phi) is 3.05. The van der Waals surface area contributed by atoms with E-state index in [1.807, 2.05) is 6.92 Å². The minimum atomic E-state index is -1.65. The van der Waals surface area contributed by atoms with Gasteiger partial charge in [-0.15, -0.1) is 0 Å². The summed E-state index contributed by atoms with van der Waals surface area (Å²) in [4.78, 5) is 24.7. The second-order valence-electron chi connectivity index (χ2n) is 8.83. The Hall–Kier alpha value is -1.03.